The third-order valence-corrected chi connectivity index (χ3v) is 13.9. The van der Waals surface area contributed by atoms with Gasteiger partial charge in [-0.05, 0) is 91.5 Å². The quantitative estimate of drug-likeness (QED) is 0.173. The molecule has 2 aliphatic carbocycles. The Labute approximate surface area is 369 Å². The highest BCUT2D eigenvalue weighted by molar-refractivity contribution is 6.20. The lowest BCUT2D eigenvalue weighted by Gasteiger charge is -2.30. The summed E-state index contributed by atoms with van der Waals surface area (Å²) in [4.78, 5) is 2.32. The van der Waals surface area contributed by atoms with Crippen LogP contribution in [-0.2, 0) is 5.41 Å². The van der Waals surface area contributed by atoms with Gasteiger partial charge in [0.2, 0.25) is 0 Å². The summed E-state index contributed by atoms with van der Waals surface area (Å²) in [5, 5.41) is 4.35. The van der Waals surface area contributed by atoms with Crippen LogP contribution in [0.5, 0.6) is 0 Å². The predicted octanol–water partition coefficient (Wildman–Crippen LogP) is 16.6. The molecule has 2 aliphatic rings. The summed E-state index contributed by atoms with van der Waals surface area (Å²) in [7, 11) is 0. The summed E-state index contributed by atoms with van der Waals surface area (Å²) >= 11 is 0. The predicted molar refractivity (Wildman–Crippen MR) is 263 cm³/mol. The molecule has 3 heteroatoms. The van der Waals surface area contributed by atoms with Crippen LogP contribution in [0.2, 0.25) is 0 Å². The van der Waals surface area contributed by atoms with E-state index in [1.165, 1.54) is 50.1 Å². The zero-order valence-electron chi connectivity index (χ0n) is 34.6. The minimum absolute atomic E-state index is 0.448. The number of fused-ring (bicyclic) bond motifs is 17. The van der Waals surface area contributed by atoms with Crippen LogP contribution >= 0.6 is 0 Å². The van der Waals surface area contributed by atoms with Gasteiger partial charge in [-0.3, -0.25) is 0 Å². The van der Waals surface area contributed by atoms with Crippen LogP contribution in [0.15, 0.2) is 233 Å². The molecule has 64 heavy (non-hydrogen) atoms. The van der Waals surface area contributed by atoms with Crippen LogP contribution < -0.4 is 4.90 Å². The fourth-order valence-electron chi connectivity index (χ4n) is 11.3. The van der Waals surface area contributed by atoms with E-state index in [1.54, 1.807) is 0 Å². The molecular formula is C61H37NO2. The number of hydrogen-bond donors (Lipinski definition) is 0. The summed E-state index contributed by atoms with van der Waals surface area (Å²) in [6, 6.07) is 81.0. The fraction of sp³-hybridized carbons (Fsp3) is 0.0164. The van der Waals surface area contributed by atoms with E-state index in [0.717, 1.165) is 77.6 Å². The summed E-state index contributed by atoms with van der Waals surface area (Å²) in [6.07, 6.45) is 0. The molecule has 0 atom stereocenters. The first-order valence-corrected chi connectivity index (χ1v) is 22.0. The Morgan fingerprint density at radius 1 is 0.312 bits per heavy atom. The van der Waals surface area contributed by atoms with Crippen molar-refractivity contribution in [3.8, 4) is 44.5 Å². The number of anilines is 3. The van der Waals surface area contributed by atoms with E-state index in [0.29, 0.717) is 0 Å². The van der Waals surface area contributed by atoms with Crippen LogP contribution in [0.4, 0.5) is 17.1 Å². The van der Waals surface area contributed by atoms with Gasteiger partial charge in [-0.1, -0.05) is 194 Å². The van der Waals surface area contributed by atoms with Gasteiger partial charge < -0.3 is 13.7 Å². The standard InChI is InChI=1S/C61H37NO2/c1-3-16-38(17-4-1)39-32-34-41(35-33-39)62(53-30-14-25-46-45-24-13-23-42(58(45)64-59(46)53)40-18-5-2-6-19-40)54-31-15-26-48-57-55(63-60(48)54)37-36-52-56(57)47-22-9-12-29-51(47)61(52)49-27-10-7-20-43(49)44-21-8-11-28-50(44)61/h1-37H. The van der Waals surface area contributed by atoms with Gasteiger partial charge in [0.25, 0.3) is 0 Å². The van der Waals surface area contributed by atoms with Crippen LogP contribution in [0.1, 0.15) is 22.3 Å². The molecule has 0 fully saturated rings. The normalized spacial score (nSPS) is 13.1. The van der Waals surface area contributed by atoms with Gasteiger partial charge in [-0.2, -0.15) is 0 Å². The van der Waals surface area contributed by atoms with Gasteiger partial charge in [0.05, 0.1) is 16.8 Å². The van der Waals surface area contributed by atoms with E-state index in [-0.39, 0.29) is 0 Å². The number of benzene rings is 10. The van der Waals surface area contributed by atoms with E-state index in [4.69, 9.17) is 8.83 Å². The molecule has 0 saturated heterocycles. The minimum atomic E-state index is -0.448. The van der Waals surface area contributed by atoms with Crippen molar-refractivity contribution >= 4 is 60.9 Å². The van der Waals surface area contributed by atoms with Crippen molar-refractivity contribution in [2.75, 3.05) is 4.90 Å². The molecule has 1 spiro atoms. The van der Waals surface area contributed by atoms with E-state index < -0.39 is 5.41 Å². The molecule has 10 aromatic carbocycles. The van der Waals surface area contributed by atoms with E-state index in [1.807, 2.05) is 0 Å². The number of nitrogens with zero attached hydrogens (tertiary/aromatic N) is 1. The fourth-order valence-corrected chi connectivity index (χ4v) is 11.3. The maximum absolute atomic E-state index is 7.21. The molecule has 0 amide bonds. The van der Waals surface area contributed by atoms with Crippen LogP contribution in [-0.4, -0.2) is 0 Å². The molecular weight excluding hydrogens is 779 g/mol. The lowest BCUT2D eigenvalue weighted by Crippen LogP contribution is -2.25. The first kappa shape index (κ1) is 35.2. The van der Waals surface area contributed by atoms with Crippen molar-refractivity contribution in [1.82, 2.24) is 0 Å². The molecule has 2 heterocycles. The SMILES string of the molecule is c1ccc(-c2ccc(N(c3cccc4c3oc3c(-c5ccccc5)cccc34)c3cccc4c3oc3ccc5c(c34)-c3ccccc3C53c4ccccc4-c4ccccc43)cc2)cc1. The Kier molecular flexibility index (Phi) is 7.32. The van der Waals surface area contributed by atoms with Crippen molar-refractivity contribution in [3.05, 3.63) is 247 Å². The van der Waals surface area contributed by atoms with Crippen LogP contribution in [0.3, 0.4) is 0 Å². The van der Waals surface area contributed by atoms with Gasteiger partial charge in [-0.15, -0.1) is 0 Å². The molecule has 0 radical (unpaired) electrons. The molecule has 0 N–H and O–H groups in total. The zero-order chi connectivity index (χ0) is 41.9. The maximum atomic E-state index is 7.21. The molecule has 298 valence electrons. The van der Waals surface area contributed by atoms with Gasteiger partial charge in [0.15, 0.2) is 11.2 Å². The Morgan fingerprint density at radius 3 is 1.48 bits per heavy atom. The summed E-state index contributed by atoms with van der Waals surface area (Å²) in [5.74, 6) is 0. The molecule has 12 aromatic rings. The second-order valence-electron chi connectivity index (χ2n) is 17.1. The maximum Gasteiger partial charge on any atom is 0.159 e. The second-order valence-corrected chi connectivity index (χ2v) is 17.1. The van der Waals surface area contributed by atoms with E-state index >= 15 is 0 Å². The Bertz CT molecular complexity index is 3790. The first-order valence-electron chi connectivity index (χ1n) is 22.0. The molecule has 0 bridgehead atoms. The summed E-state index contributed by atoms with van der Waals surface area (Å²) in [6.45, 7) is 0. The Balaban J connectivity index is 1.04. The van der Waals surface area contributed by atoms with Crippen molar-refractivity contribution in [1.29, 1.82) is 0 Å². The molecule has 3 nitrogen and oxygen atoms in total. The molecule has 2 aromatic heterocycles. The minimum Gasteiger partial charge on any atom is -0.454 e. The summed E-state index contributed by atoms with van der Waals surface area (Å²) in [5.41, 5.74) is 20.6. The largest absolute Gasteiger partial charge is 0.454 e. The Hall–Kier alpha value is -8.40. The van der Waals surface area contributed by atoms with Gasteiger partial charge in [0.1, 0.15) is 11.2 Å². The van der Waals surface area contributed by atoms with E-state index in [9.17, 15) is 0 Å². The first-order chi connectivity index (χ1) is 31.8. The third kappa shape index (κ3) is 4.70. The van der Waals surface area contributed by atoms with Crippen molar-refractivity contribution < 1.29 is 8.83 Å². The van der Waals surface area contributed by atoms with Crippen molar-refractivity contribution in [3.63, 3.8) is 0 Å². The number of rotatable bonds is 5. The highest BCUT2D eigenvalue weighted by Crippen LogP contribution is 2.64. The van der Waals surface area contributed by atoms with Crippen LogP contribution in [0, 0.1) is 0 Å². The average Bonchev–Trinajstić information content (AvgIpc) is 4.11. The smallest absolute Gasteiger partial charge is 0.159 e. The topological polar surface area (TPSA) is 29.5 Å². The highest BCUT2D eigenvalue weighted by atomic mass is 16.3. The van der Waals surface area contributed by atoms with Crippen molar-refractivity contribution in [2.45, 2.75) is 5.41 Å². The second kappa shape index (κ2) is 13.3. The Morgan fingerprint density at radius 2 is 0.812 bits per heavy atom. The summed E-state index contributed by atoms with van der Waals surface area (Å²) < 4.78 is 14.3. The number of hydrogen-bond acceptors (Lipinski definition) is 3. The van der Waals surface area contributed by atoms with Gasteiger partial charge in [0, 0.05) is 32.8 Å². The molecule has 14 rings (SSSR count). The lowest BCUT2D eigenvalue weighted by molar-refractivity contribution is 0.666. The average molecular weight is 816 g/mol. The van der Waals surface area contributed by atoms with Crippen molar-refractivity contribution in [2.24, 2.45) is 0 Å². The van der Waals surface area contributed by atoms with Crippen LogP contribution in [0.25, 0.3) is 88.4 Å². The zero-order valence-corrected chi connectivity index (χ0v) is 34.6. The molecule has 0 aliphatic heterocycles. The van der Waals surface area contributed by atoms with Gasteiger partial charge in [-0.25, -0.2) is 0 Å². The number of para-hydroxylation sites is 3. The monoisotopic (exact) mass is 815 g/mol. The van der Waals surface area contributed by atoms with E-state index in [2.05, 4.69) is 229 Å². The lowest BCUT2D eigenvalue weighted by atomic mass is 9.70. The molecule has 0 saturated carbocycles. The third-order valence-electron chi connectivity index (χ3n) is 13.9. The highest BCUT2D eigenvalue weighted by Gasteiger charge is 2.52. The van der Waals surface area contributed by atoms with Gasteiger partial charge >= 0.3 is 0 Å². The number of furan rings is 2. The molecule has 0 unspecified atom stereocenters.